The molecule has 0 spiro atoms. The monoisotopic (exact) mass is 349 g/mol. The molecule has 2 heteroatoms. The van der Waals surface area contributed by atoms with Crippen LogP contribution in [0.5, 0.6) is 0 Å². The molecule has 0 N–H and O–H groups in total. The fourth-order valence-corrected chi connectivity index (χ4v) is 9.40. The van der Waals surface area contributed by atoms with Crippen LogP contribution in [0.25, 0.3) is 0 Å². The average Bonchev–Trinajstić information content (AvgIpc) is 2.68. The molecule has 24 heavy (non-hydrogen) atoms. The molecule has 0 aliphatic rings. The first-order chi connectivity index (χ1) is 11.9. The van der Waals surface area contributed by atoms with Crippen LogP contribution in [0.4, 0.5) is 0 Å². The molecule has 0 bridgehead atoms. The molecule has 0 radical (unpaired) electrons. The maximum absolute atomic E-state index is 3.89. The van der Waals surface area contributed by atoms with Crippen molar-refractivity contribution >= 4 is 34.9 Å². The van der Waals surface area contributed by atoms with Crippen LogP contribution in [-0.4, -0.2) is 11.2 Å². The molecular weight excluding hydrogens is 327 g/mol. The fourth-order valence-electron chi connectivity index (χ4n) is 2.99. The zero-order valence-corrected chi connectivity index (χ0v) is 15.4. The summed E-state index contributed by atoms with van der Waals surface area (Å²) < 4.78 is 0. The van der Waals surface area contributed by atoms with Gasteiger partial charge in [0, 0.05) is 5.75 Å². The molecule has 0 nitrogen and oxygen atoms in total. The van der Waals surface area contributed by atoms with E-state index in [0.29, 0.717) is 0 Å². The van der Waals surface area contributed by atoms with Gasteiger partial charge in [-0.2, -0.15) is 0 Å². The third kappa shape index (κ3) is 3.48. The topological polar surface area (TPSA) is 0 Å². The smallest absolute Gasteiger partial charge is 0.116 e. The van der Waals surface area contributed by atoms with Crippen molar-refractivity contribution in [3.63, 3.8) is 0 Å². The molecule has 0 aliphatic carbocycles. The van der Waals surface area contributed by atoms with Crippen molar-refractivity contribution in [2.45, 2.75) is 0 Å². The molecule has 0 fully saturated rings. The predicted octanol–water partition coefficient (Wildman–Crippen LogP) is 4.86. The highest BCUT2D eigenvalue weighted by Gasteiger charge is 2.44. The van der Waals surface area contributed by atoms with E-state index >= 15 is 0 Å². The van der Waals surface area contributed by atoms with Gasteiger partial charge in [0.25, 0.3) is 0 Å². The van der Waals surface area contributed by atoms with Gasteiger partial charge in [0.1, 0.15) is 28.7 Å². The van der Waals surface area contributed by atoms with E-state index in [-0.39, 0.29) is 0 Å². The van der Waals surface area contributed by atoms with Gasteiger partial charge >= 0.3 is 0 Å². The van der Waals surface area contributed by atoms with Crippen molar-refractivity contribution in [3.05, 3.63) is 104 Å². The first-order valence-electron chi connectivity index (χ1n) is 8.11. The highest BCUT2D eigenvalue weighted by Crippen LogP contribution is 2.57. The van der Waals surface area contributed by atoms with Gasteiger partial charge in [-0.05, 0) is 36.4 Å². The normalized spacial score (nSPS) is 11.2. The maximum atomic E-state index is 3.89. The van der Waals surface area contributed by atoms with Gasteiger partial charge in [0.05, 0.1) is 0 Å². The van der Waals surface area contributed by atoms with Crippen LogP contribution in [0.1, 0.15) is 0 Å². The molecule has 0 saturated heterocycles. The summed E-state index contributed by atoms with van der Waals surface area (Å²) in [6, 6.07) is 33.0. The molecule has 3 aromatic rings. The van der Waals surface area contributed by atoms with Crippen molar-refractivity contribution in [2.75, 3.05) is 11.2 Å². The van der Waals surface area contributed by atoms with Crippen molar-refractivity contribution in [3.8, 4) is 0 Å². The summed E-state index contributed by atoms with van der Waals surface area (Å²) in [4.78, 5) is 0. The van der Waals surface area contributed by atoms with E-state index in [1.807, 2.05) is 17.8 Å². The maximum Gasteiger partial charge on any atom is 0.122 e. The lowest BCUT2D eigenvalue weighted by molar-refractivity contribution is 1.70. The summed E-state index contributed by atoms with van der Waals surface area (Å²) in [5, 5.41) is 4.33. The third-order valence-corrected chi connectivity index (χ3v) is 10.4. The summed E-state index contributed by atoms with van der Waals surface area (Å²) in [7, 11) is -1.67. The van der Waals surface area contributed by atoms with E-state index in [2.05, 4.69) is 97.6 Å². The average molecular weight is 349 g/mol. The largest absolute Gasteiger partial charge is 0.122 e. The number of rotatable bonds is 7. The van der Waals surface area contributed by atoms with Crippen molar-refractivity contribution < 1.29 is 0 Å². The van der Waals surface area contributed by atoms with Crippen LogP contribution in [-0.2, 0) is 0 Å². The summed E-state index contributed by atoms with van der Waals surface area (Å²) in [5.41, 5.74) is 1.09. The van der Waals surface area contributed by atoms with E-state index in [9.17, 15) is 0 Å². The second kappa shape index (κ2) is 8.33. The van der Waals surface area contributed by atoms with Gasteiger partial charge in [-0.15, -0.1) is 18.3 Å². The van der Waals surface area contributed by atoms with Crippen molar-refractivity contribution in [1.29, 1.82) is 0 Å². The third-order valence-electron chi connectivity index (χ3n) is 4.11. The van der Waals surface area contributed by atoms with Crippen LogP contribution in [0.2, 0.25) is 0 Å². The predicted molar refractivity (Wildman–Crippen MR) is 113 cm³/mol. The molecular formula is C22H22PS+. The van der Waals surface area contributed by atoms with Crippen LogP contribution >= 0.6 is 19.0 Å². The SMILES string of the molecule is C=CCSC[P+](c1ccccc1)(c1ccccc1)c1ccccc1. The van der Waals surface area contributed by atoms with Gasteiger partial charge in [-0.1, -0.05) is 60.7 Å². The zero-order valence-electron chi connectivity index (χ0n) is 13.7. The van der Waals surface area contributed by atoms with E-state index < -0.39 is 7.26 Å². The molecule has 0 unspecified atom stereocenters. The quantitative estimate of drug-likeness (QED) is 0.334. The van der Waals surface area contributed by atoms with E-state index in [4.69, 9.17) is 0 Å². The van der Waals surface area contributed by atoms with Crippen LogP contribution in [0, 0.1) is 0 Å². The van der Waals surface area contributed by atoms with Crippen molar-refractivity contribution in [2.24, 2.45) is 0 Å². The molecule has 0 saturated carbocycles. The molecule has 0 aromatic heterocycles. The Morgan fingerprint density at radius 2 is 1.04 bits per heavy atom. The molecule has 120 valence electrons. The summed E-state index contributed by atoms with van der Waals surface area (Å²) in [5.74, 6) is 0.980. The highest BCUT2D eigenvalue weighted by molar-refractivity contribution is 8.13. The Morgan fingerprint density at radius 1 is 0.667 bits per heavy atom. The van der Waals surface area contributed by atoms with Crippen molar-refractivity contribution in [1.82, 2.24) is 0 Å². The van der Waals surface area contributed by atoms with Gasteiger partial charge < -0.3 is 0 Å². The second-order valence-electron chi connectivity index (χ2n) is 5.60. The molecule has 0 heterocycles. The Morgan fingerprint density at radius 3 is 1.38 bits per heavy atom. The molecule has 0 aliphatic heterocycles. The summed E-state index contributed by atoms with van der Waals surface area (Å²) in [6.45, 7) is 3.89. The summed E-state index contributed by atoms with van der Waals surface area (Å²) in [6.07, 6.45) is 2.00. The number of hydrogen-bond acceptors (Lipinski definition) is 1. The lowest BCUT2D eigenvalue weighted by Crippen LogP contribution is -2.32. The molecule has 3 rings (SSSR count). The molecule has 0 amide bonds. The minimum atomic E-state index is -1.67. The number of benzene rings is 3. The minimum absolute atomic E-state index is 0.980. The first-order valence-corrected chi connectivity index (χ1v) is 11.2. The Bertz CT molecular complexity index is 657. The standard InChI is InChI=1S/C22H22PS/c1-2-18-24-19-23(20-12-6-3-7-13-20,21-14-8-4-9-15-21)22-16-10-5-11-17-22/h2-17H,1,18-19H2/q+1. The number of thioether (sulfide) groups is 1. The fraction of sp³-hybridized carbons (Fsp3) is 0.0909. The molecule has 0 atom stereocenters. The van der Waals surface area contributed by atoms with Crippen LogP contribution < -0.4 is 15.9 Å². The lowest BCUT2D eigenvalue weighted by atomic mass is 10.4. The zero-order chi connectivity index (χ0) is 16.7. The van der Waals surface area contributed by atoms with E-state index in [1.54, 1.807) is 0 Å². The Labute approximate surface area is 150 Å². The van der Waals surface area contributed by atoms with Gasteiger partial charge in [0.2, 0.25) is 0 Å². The first kappa shape index (κ1) is 17.0. The Kier molecular flexibility index (Phi) is 5.91. The van der Waals surface area contributed by atoms with Gasteiger partial charge in [0.15, 0.2) is 0 Å². The highest BCUT2D eigenvalue weighted by atomic mass is 32.2. The second-order valence-corrected chi connectivity index (χ2v) is 10.5. The van der Waals surface area contributed by atoms with E-state index in [0.717, 1.165) is 11.2 Å². The van der Waals surface area contributed by atoms with Crippen LogP contribution in [0.3, 0.4) is 0 Å². The van der Waals surface area contributed by atoms with E-state index in [1.165, 1.54) is 15.9 Å². The minimum Gasteiger partial charge on any atom is -0.116 e. The van der Waals surface area contributed by atoms with Crippen LogP contribution in [0.15, 0.2) is 104 Å². The number of hydrogen-bond donors (Lipinski definition) is 0. The van der Waals surface area contributed by atoms with Gasteiger partial charge in [-0.3, -0.25) is 0 Å². The summed E-state index contributed by atoms with van der Waals surface area (Å²) >= 11 is 1.98. The molecule has 3 aromatic carbocycles. The Balaban J connectivity index is 2.22. The lowest BCUT2D eigenvalue weighted by Gasteiger charge is -2.27. The van der Waals surface area contributed by atoms with Gasteiger partial charge in [-0.25, -0.2) is 0 Å². The Hall–Kier alpha value is -1.82.